The molecule has 0 radical (unpaired) electrons. The highest BCUT2D eigenvalue weighted by Gasteiger charge is 2.08. The highest BCUT2D eigenvalue weighted by molar-refractivity contribution is 5.95. The van der Waals surface area contributed by atoms with Crippen molar-refractivity contribution in [3.8, 4) is 5.75 Å². The molecule has 172 valence electrons. The summed E-state index contributed by atoms with van der Waals surface area (Å²) in [4.78, 5) is 24.2. The summed E-state index contributed by atoms with van der Waals surface area (Å²) in [7, 11) is 0. The second-order valence-corrected chi connectivity index (χ2v) is 7.71. The van der Waals surface area contributed by atoms with E-state index in [1.807, 2.05) is 49.4 Å². The molecule has 0 unspecified atom stereocenters. The first kappa shape index (κ1) is 23.9. The Hall–Kier alpha value is -3.80. The van der Waals surface area contributed by atoms with E-state index in [0.717, 1.165) is 30.7 Å². The first-order valence-corrected chi connectivity index (χ1v) is 11.3. The van der Waals surface area contributed by atoms with Crippen LogP contribution in [0.4, 0.5) is 17.1 Å². The molecule has 33 heavy (non-hydrogen) atoms. The van der Waals surface area contributed by atoms with Crippen molar-refractivity contribution in [3.05, 3.63) is 84.4 Å². The number of anilines is 3. The van der Waals surface area contributed by atoms with Crippen LogP contribution in [0.15, 0.2) is 78.9 Å². The number of ether oxygens (including phenoxy) is 1. The first-order chi connectivity index (χ1) is 16.1. The average molecular weight is 446 g/mol. The molecule has 0 fully saturated rings. The van der Waals surface area contributed by atoms with Crippen molar-refractivity contribution in [2.24, 2.45) is 0 Å². The summed E-state index contributed by atoms with van der Waals surface area (Å²) in [5.74, 6) is 0.493. The van der Waals surface area contributed by atoms with Crippen molar-refractivity contribution < 1.29 is 14.3 Å². The third-order valence-electron chi connectivity index (χ3n) is 4.94. The molecular formula is C27H31N3O3. The predicted molar refractivity (Wildman–Crippen MR) is 134 cm³/mol. The lowest BCUT2D eigenvalue weighted by Gasteiger charge is -2.14. The Morgan fingerprint density at radius 3 is 2.27 bits per heavy atom. The number of hydrogen-bond acceptors (Lipinski definition) is 4. The zero-order valence-corrected chi connectivity index (χ0v) is 19.0. The molecule has 3 N–H and O–H groups in total. The van der Waals surface area contributed by atoms with Gasteiger partial charge in [-0.2, -0.15) is 0 Å². The van der Waals surface area contributed by atoms with Crippen LogP contribution in [0.1, 0.15) is 31.7 Å². The van der Waals surface area contributed by atoms with Gasteiger partial charge in [0, 0.05) is 17.8 Å². The van der Waals surface area contributed by atoms with E-state index in [4.69, 9.17) is 4.74 Å². The maximum absolute atomic E-state index is 12.4. The van der Waals surface area contributed by atoms with Crippen molar-refractivity contribution in [1.29, 1.82) is 0 Å². The normalized spacial score (nSPS) is 10.3. The van der Waals surface area contributed by atoms with E-state index < -0.39 is 0 Å². The van der Waals surface area contributed by atoms with Gasteiger partial charge in [0.2, 0.25) is 11.8 Å². The van der Waals surface area contributed by atoms with Gasteiger partial charge in [-0.05, 0) is 55.2 Å². The monoisotopic (exact) mass is 445 g/mol. The van der Waals surface area contributed by atoms with Crippen LogP contribution in [0.3, 0.4) is 0 Å². The Bertz CT molecular complexity index is 1040. The van der Waals surface area contributed by atoms with Crippen LogP contribution in [0.25, 0.3) is 0 Å². The maximum atomic E-state index is 12.4. The van der Waals surface area contributed by atoms with Gasteiger partial charge in [-0.15, -0.1) is 0 Å². The molecule has 0 aliphatic rings. The average Bonchev–Trinajstić information content (AvgIpc) is 2.82. The van der Waals surface area contributed by atoms with Crippen molar-refractivity contribution in [3.63, 3.8) is 0 Å². The minimum absolute atomic E-state index is 0.0389. The number of nitrogens with one attached hydrogen (secondary N) is 3. The van der Waals surface area contributed by atoms with E-state index in [9.17, 15) is 9.59 Å². The van der Waals surface area contributed by atoms with Crippen LogP contribution in [0, 0.1) is 0 Å². The number of carbonyl (C=O) groups excluding carboxylic acids is 2. The summed E-state index contributed by atoms with van der Waals surface area (Å²) in [6.45, 7) is 2.64. The van der Waals surface area contributed by atoms with E-state index in [2.05, 4.69) is 28.1 Å². The highest BCUT2D eigenvalue weighted by atomic mass is 16.5. The summed E-state index contributed by atoms with van der Waals surface area (Å²) in [6, 6.07) is 25.1. The van der Waals surface area contributed by atoms with Gasteiger partial charge in [0.05, 0.1) is 18.8 Å². The van der Waals surface area contributed by atoms with Crippen molar-refractivity contribution in [2.45, 2.75) is 32.6 Å². The van der Waals surface area contributed by atoms with Gasteiger partial charge in [0.15, 0.2) is 0 Å². The van der Waals surface area contributed by atoms with E-state index in [-0.39, 0.29) is 18.4 Å². The van der Waals surface area contributed by atoms with E-state index in [1.165, 1.54) is 5.56 Å². The van der Waals surface area contributed by atoms with Crippen LogP contribution >= 0.6 is 0 Å². The summed E-state index contributed by atoms with van der Waals surface area (Å²) in [5, 5.41) is 8.84. The fourth-order valence-corrected chi connectivity index (χ4v) is 3.35. The number of hydrogen-bond donors (Lipinski definition) is 3. The molecule has 0 atom stereocenters. The minimum Gasteiger partial charge on any atom is -0.491 e. The van der Waals surface area contributed by atoms with E-state index in [1.54, 1.807) is 24.3 Å². The van der Waals surface area contributed by atoms with Crippen LogP contribution < -0.4 is 20.7 Å². The zero-order chi connectivity index (χ0) is 23.3. The van der Waals surface area contributed by atoms with Gasteiger partial charge in [-0.25, -0.2) is 0 Å². The van der Waals surface area contributed by atoms with Gasteiger partial charge < -0.3 is 20.7 Å². The lowest BCUT2D eigenvalue weighted by Crippen LogP contribution is -2.22. The summed E-state index contributed by atoms with van der Waals surface area (Å²) >= 11 is 0. The van der Waals surface area contributed by atoms with Crippen LogP contribution in [-0.4, -0.2) is 25.0 Å². The van der Waals surface area contributed by atoms with Gasteiger partial charge in [-0.1, -0.05) is 55.5 Å². The molecule has 0 spiro atoms. The number of para-hydroxylation sites is 2. The first-order valence-electron chi connectivity index (χ1n) is 11.3. The highest BCUT2D eigenvalue weighted by Crippen LogP contribution is 2.24. The van der Waals surface area contributed by atoms with Gasteiger partial charge in [0.1, 0.15) is 5.75 Å². The summed E-state index contributed by atoms with van der Waals surface area (Å²) in [5.41, 5.74) is 3.35. The largest absolute Gasteiger partial charge is 0.491 e. The Balaban J connectivity index is 1.47. The van der Waals surface area contributed by atoms with E-state index >= 15 is 0 Å². The molecule has 0 heterocycles. The van der Waals surface area contributed by atoms with Gasteiger partial charge >= 0.3 is 0 Å². The lowest BCUT2D eigenvalue weighted by molar-refractivity contribution is -0.116. The topological polar surface area (TPSA) is 79.5 Å². The molecule has 3 aromatic rings. The molecular weight excluding hydrogens is 414 g/mol. The van der Waals surface area contributed by atoms with Crippen molar-refractivity contribution in [1.82, 2.24) is 0 Å². The molecule has 3 rings (SSSR count). The number of carbonyl (C=O) groups is 2. The fourth-order valence-electron chi connectivity index (χ4n) is 3.35. The molecule has 0 aliphatic heterocycles. The van der Waals surface area contributed by atoms with Crippen molar-refractivity contribution in [2.75, 3.05) is 29.1 Å². The molecule has 6 nitrogen and oxygen atoms in total. The zero-order valence-electron chi connectivity index (χ0n) is 19.0. The van der Waals surface area contributed by atoms with Crippen molar-refractivity contribution >= 4 is 28.9 Å². The molecule has 0 aromatic heterocycles. The number of aryl methyl sites for hydroxylation is 1. The summed E-state index contributed by atoms with van der Waals surface area (Å²) < 4.78 is 5.95. The van der Waals surface area contributed by atoms with Gasteiger partial charge in [0.25, 0.3) is 0 Å². The standard InChI is InChI=1S/C27H31N3O3/c1-2-10-26(31)29-22-14-8-15-23(19-22)30-27(32)20-28-24-16-6-7-17-25(24)33-18-9-13-21-11-4-3-5-12-21/h3-8,11-12,14-17,19,28H,2,9-10,13,18,20H2,1H3,(H,29,31)(H,30,32). The van der Waals surface area contributed by atoms with Crippen LogP contribution in [0.5, 0.6) is 5.75 Å². The molecule has 0 saturated carbocycles. The predicted octanol–water partition coefficient (Wildman–Crippen LogP) is 5.49. The van der Waals surface area contributed by atoms with Crippen LogP contribution in [0.2, 0.25) is 0 Å². The lowest BCUT2D eigenvalue weighted by atomic mass is 10.1. The smallest absolute Gasteiger partial charge is 0.243 e. The van der Waals surface area contributed by atoms with E-state index in [0.29, 0.717) is 24.4 Å². The number of amides is 2. The third kappa shape index (κ3) is 8.33. The Morgan fingerprint density at radius 1 is 0.818 bits per heavy atom. The number of benzene rings is 3. The number of rotatable bonds is 12. The SMILES string of the molecule is CCCC(=O)Nc1cccc(NC(=O)CNc2ccccc2OCCCc2ccccc2)c1. The Morgan fingerprint density at radius 2 is 1.52 bits per heavy atom. The quantitative estimate of drug-likeness (QED) is 0.322. The molecule has 0 bridgehead atoms. The minimum atomic E-state index is -0.189. The molecule has 2 amide bonds. The molecule has 3 aromatic carbocycles. The van der Waals surface area contributed by atoms with Crippen LogP contribution in [-0.2, 0) is 16.0 Å². The van der Waals surface area contributed by atoms with Gasteiger partial charge in [-0.3, -0.25) is 9.59 Å². The second kappa shape index (κ2) is 12.9. The molecule has 0 saturated heterocycles. The third-order valence-corrected chi connectivity index (χ3v) is 4.94. The fraction of sp³-hybridized carbons (Fsp3) is 0.259. The Labute approximate surface area is 195 Å². The Kier molecular flexibility index (Phi) is 9.33. The summed E-state index contributed by atoms with van der Waals surface area (Å²) in [6.07, 6.45) is 3.11. The second-order valence-electron chi connectivity index (χ2n) is 7.71. The molecule has 0 aliphatic carbocycles. The maximum Gasteiger partial charge on any atom is 0.243 e. The molecule has 6 heteroatoms.